The summed E-state index contributed by atoms with van der Waals surface area (Å²) in [5.41, 5.74) is 0.680. The lowest BCUT2D eigenvalue weighted by Gasteiger charge is -1.98. The zero-order valence-corrected chi connectivity index (χ0v) is 5.90. The van der Waals surface area contributed by atoms with Gasteiger partial charge in [-0.05, 0) is 6.07 Å². The van der Waals surface area contributed by atoms with Crippen molar-refractivity contribution in [3.8, 4) is 0 Å². The van der Waals surface area contributed by atoms with Crippen LogP contribution in [0.3, 0.4) is 0 Å². The molecule has 12 heavy (non-hydrogen) atoms. The number of nitro groups is 1. The molecule has 7 nitrogen and oxygen atoms in total. The number of pyridine rings is 1. The van der Waals surface area contributed by atoms with Crippen LogP contribution in [0.4, 0.5) is 11.4 Å². The molecule has 0 aliphatic rings. The van der Waals surface area contributed by atoms with Crippen LogP contribution in [0.2, 0.25) is 0 Å². The van der Waals surface area contributed by atoms with E-state index in [-0.39, 0.29) is 5.69 Å². The predicted octanol–water partition coefficient (Wildman–Crippen LogP) is -0.431. The fourth-order valence-corrected chi connectivity index (χ4v) is 0.768. The molecule has 0 unspecified atom stereocenters. The van der Waals surface area contributed by atoms with Crippen molar-refractivity contribution >= 4 is 11.4 Å². The zero-order valence-electron chi connectivity index (χ0n) is 5.90. The fourth-order valence-electron chi connectivity index (χ4n) is 0.768. The normalized spacial score (nSPS) is 9.42. The van der Waals surface area contributed by atoms with Gasteiger partial charge in [-0.15, -0.1) is 0 Å². The lowest BCUT2D eigenvalue weighted by molar-refractivity contribution is -0.385. The average Bonchev–Trinajstić information content (AvgIpc) is 2.03. The first-order valence-corrected chi connectivity index (χ1v) is 2.99. The Morgan fingerprint density at radius 2 is 2.33 bits per heavy atom. The van der Waals surface area contributed by atoms with Crippen LogP contribution in [0.5, 0.6) is 0 Å². The van der Waals surface area contributed by atoms with Crippen LogP contribution in [-0.2, 0) is 0 Å². The number of hydrazine groups is 1. The summed E-state index contributed by atoms with van der Waals surface area (Å²) >= 11 is 0. The van der Waals surface area contributed by atoms with Crippen molar-refractivity contribution in [3.05, 3.63) is 32.7 Å². The highest BCUT2D eigenvalue weighted by Crippen LogP contribution is 2.15. The molecule has 0 fully saturated rings. The van der Waals surface area contributed by atoms with E-state index in [1.807, 2.05) is 0 Å². The predicted molar refractivity (Wildman–Crippen MR) is 41.5 cm³/mol. The minimum absolute atomic E-state index is 0.0104. The first kappa shape index (κ1) is 8.21. The Labute approximate surface area is 66.3 Å². The van der Waals surface area contributed by atoms with Crippen molar-refractivity contribution in [1.29, 1.82) is 0 Å². The van der Waals surface area contributed by atoms with E-state index in [0.717, 1.165) is 0 Å². The van der Waals surface area contributed by atoms with Crippen LogP contribution >= 0.6 is 0 Å². The summed E-state index contributed by atoms with van der Waals surface area (Å²) in [5.74, 6) is 4.95. The Morgan fingerprint density at radius 1 is 1.67 bits per heavy atom. The van der Waals surface area contributed by atoms with E-state index in [4.69, 9.17) is 5.84 Å². The summed E-state index contributed by atoms with van der Waals surface area (Å²) in [6.45, 7) is 0. The van der Waals surface area contributed by atoms with Gasteiger partial charge in [-0.2, -0.15) is 0 Å². The first-order chi connectivity index (χ1) is 5.66. The monoisotopic (exact) mass is 170 g/mol. The fraction of sp³-hybridized carbons (Fsp3) is 0. The molecule has 1 aromatic rings. The van der Waals surface area contributed by atoms with Gasteiger partial charge in [-0.3, -0.25) is 20.8 Å². The van der Waals surface area contributed by atoms with Crippen LogP contribution in [0.15, 0.2) is 17.1 Å². The highest BCUT2D eigenvalue weighted by atomic mass is 16.6. The number of aromatic nitrogens is 1. The molecular formula is C5H6N4O3. The SMILES string of the molecule is NNc1cc[nH]c(=O)c1[N+](=O)[O-]. The van der Waals surface area contributed by atoms with Gasteiger partial charge in [0, 0.05) is 6.20 Å². The third kappa shape index (κ3) is 1.25. The summed E-state index contributed by atoms with van der Waals surface area (Å²) < 4.78 is 0. The molecule has 0 bridgehead atoms. The number of hydrogen-bond donors (Lipinski definition) is 3. The summed E-state index contributed by atoms with van der Waals surface area (Å²) in [4.78, 5) is 22.5. The Balaban J connectivity index is 3.40. The highest BCUT2D eigenvalue weighted by molar-refractivity contribution is 5.58. The summed E-state index contributed by atoms with van der Waals surface area (Å²) in [6.07, 6.45) is 1.27. The molecule has 0 aliphatic carbocycles. The molecule has 1 rings (SSSR count). The molecule has 0 saturated carbocycles. The molecule has 4 N–H and O–H groups in total. The summed E-state index contributed by atoms with van der Waals surface area (Å²) in [5, 5.41) is 10.3. The number of anilines is 1. The Bertz CT molecular complexity index is 358. The third-order valence-electron chi connectivity index (χ3n) is 1.27. The van der Waals surface area contributed by atoms with Gasteiger partial charge in [0.15, 0.2) is 0 Å². The maximum Gasteiger partial charge on any atom is 0.357 e. The number of aromatic amines is 1. The molecular weight excluding hydrogens is 164 g/mol. The van der Waals surface area contributed by atoms with Gasteiger partial charge in [-0.25, -0.2) is 0 Å². The second-order valence-corrected chi connectivity index (χ2v) is 1.97. The molecule has 0 aliphatic heterocycles. The van der Waals surface area contributed by atoms with Crippen molar-refractivity contribution in [2.24, 2.45) is 5.84 Å². The van der Waals surface area contributed by atoms with E-state index in [0.29, 0.717) is 0 Å². The molecule has 0 radical (unpaired) electrons. The lowest BCUT2D eigenvalue weighted by Crippen LogP contribution is -2.16. The number of H-pyrrole nitrogens is 1. The van der Waals surface area contributed by atoms with Gasteiger partial charge in [0.2, 0.25) is 0 Å². The molecule has 0 atom stereocenters. The number of nitrogens with zero attached hydrogens (tertiary/aromatic N) is 1. The lowest BCUT2D eigenvalue weighted by atomic mass is 10.3. The topological polar surface area (TPSA) is 114 Å². The van der Waals surface area contributed by atoms with Crippen LogP contribution in [0, 0.1) is 10.1 Å². The van der Waals surface area contributed by atoms with Gasteiger partial charge in [0.05, 0.1) is 4.92 Å². The van der Waals surface area contributed by atoms with Gasteiger partial charge < -0.3 is 10.4 Å². The quantitative estimate of drug-likeness (QED) is 0.316. The third-order valence-corrected chi connectivity index (χ3v) is 1.27. The summed E-state index contributed by atoms with van der Waals surface area (Å²) in [7, 11) is 0. The minimum atomic E-state index is -0.798. The molecule has 0 amide bonds. The number of nitrogen functional groups attached to an aromatic ring is 1. The standard InChI is InChI=1S/C5H6N4O3/c6-8-3-1-2-7-5(10)4(3)9(11)12/h1-2H,6H2,(H2,7,8,10). The van der Waals surface area contributed by atoms with Gasteiger partial charge >= 0.3 is 11.2 Å². The van der Waals surface area contributed by atoms with E-state index in [2.05, 4.69) is 10.4 Å². The van der Waals surface area contributed by atoms with E-state index < -0.39 is 16.2 Å². The maximum absolute atomic E-state index is 10.8. The number of hydrogen-bond acceptors (Lipinski definition) is 5. The van der Waals surface area contributed by atoms with Crippen molar-refractivity contribution < 1.29 is 4.92 Å². The van der Waals surface area contributed by atoms with E-state index in [1.165, 1.54) is 12.3 Å². The molecule has 0 spiro atoms. The van der Waals surface area contributed by atoms with Crippen molar-refractivity contribution in [2.75, 3.05) is 5.43 Å². The molecule has 0 aromatic carbocycles. The van der Waals surface area contributed by atoms with Crippen molar-refractivity contribution in [1.82, 2.24) is 4.98 Å². The molecule has 1 aromatic heterocycles. The van der Waals surface area contributed by atoms with Crippen LogP contribution in [0.1, 0.15) is 0 Å². The molecule has 1 heterocycles. The number of nitrogens with two attached hydrogens (primary N) is 1. The molecule has 64 valence electrons. The van der Waals surface area contributed by atoms with Crippen molar-refractivity contribution in [3.63, 3.8) is 0 Å². The van der Waals surface area contributed by atoms with E-state index in [1.54, 1.807) is 0 Å². The van der Waals surface area contributed by atoms with Crippen LogP contribution in [-0.4, -0.2) is 9.91 Å². The zero-order chi connectivity index (χ0) is 9.14. The minimum Gasteiger partial charge on any atom is -0.323 e. The van der Waals surface area contributed by atoms with Crippen LogP contribution in [0.25, 0.3) is 0 Å². The number of rotatable bonds is 2. The highest BCUT2D eigenvalue weighted by Gasteiger charge is 2.17. The average molecular weight is 170 g/mol. The Hall–Kier alpha value is -1.89. The van der Waals surface area contributed by atoms with E-state index in [9.17, 15) is 14.9 Å². The van der Waals surface area contributed by atoms with Crippen LogP contribution < -0.4 is 16.8 Å². The van der Waals surface area contributed by atoms with Crippen molar-refractivity contribution in [2.45, 2.75) is 0 Å². The number of nitrogens with one attached hydrogen (secondary N) is 2. The Morgan fingerprint density at radius 3 is 2.75 bits per heavy atom. The van der Waals surface area contributed by atoms with Gasteiger partial charge in [-0.1, -0.05) is 0 Å². The molecule has 0 saturated heterocycles. The second-order valence-electron chi connectivity index (χ2n) is 1.97. The Kier molecular flexibility index (Phi) is 2.06. The second kappa shape index (κ2) is 3.01. The largest absolute Gasteiger partial charge is 0.357 e. The summed E-state index contributed by atoms with van der Waals surface area (Å²) in [6, 6.07) is 1.31. The van der Waals surface area contributed by atoms with E-state index >= 15 is 0 Å². The molecule has 7 heteroatoms. The first-order valence-electron chi connectivity index (χ1n) is 2.99. The van der Waals surface area contributed by atoms with Gasteiger partial charge in [0.25, 0.3) is 0 Å². The van der Waals surface area contributed by atoms with Gasteiger partial charge in [0.1, 0.15) is 5.69 Å². The smallest absolute Gasteiger partial charge is 0.323 e. The maximum atomic E-state index is 10.8.